The van der Waals surface area contributed by atoms with Gasteiger partial charge in [0.25, 0.3) is 5.09 Å². The second kappa shape index (κ2) is 12.2. The zero-order valence-electron chi connectivity index (χ0n) is 19.3. The van der Waals surface area contributed by atoms with Crippen molar-refractivity contribution in [2.24, 2.45) is 0 Å². The lowest BCUT2D eigenvalue weighted by Crippen LogP contribution is -2.50. The Bertz CT molecular complexity index is 1010. The number of nitrogens with zero attached hydrogens (tertiary/aromatic N) is 2. The van der Waals surface area contributed by atoms with E-state index in [0.29, 0.717) is 48.2 Å². The number of unbranched alkanes of at least 4 members (excludes halogenated alkanes) is 1. The van der Waals surface area contributed by atoms with Crippen LogP contribution in [0.2, 0.25) is 0 Å². The summed E-state index contributed by atoms with van der Waals surface area (Å²) >= 11 is 0. The van der Waals surface area contributed by atoms with Crippen molar-refractivity contribution in [2.45, 2.75) is 32.3 Å². The van der Waals surface area contributed by atoms with Crippen molar-refractivity contribution >= 4 is 16.8 Å². The normalized spacial score (nSPS) is 12.4. The first-order valence-corrected chi connectivity index (χ1v) is 10.9. The number of benzene rings is 1. The lowest BCUT2D eigenvalue weighted by Gasteiger charge is -2.32. The van der Waals surface area contributed by atoms with Gasteiger partial charge in [0.05, 0.1) is 39.3 Å². The first kappa shape index (κ1) is 26.1. The molecule has 2 aromatic rings. The van der Waals surface area contributed by atoms with Crippen LogP contribution < -0.4 is 15.6 Å². The molecule has 1 aromatic heterocycles. The molecule has 1 amide bonds. The molecule has 1 heterocycles. The van der Waals surface area contributed by atoms with Gasteiger partial charge >= 0.3 is 0 Å². The fourth-order valence-electron chi connectivity index (χ4n) is 3.51. The molecule has 0 fully saturated rings. The zero-order chi connectivity index (χ0) is 24.4. The molecule has 0 aliphatic carbocycles. The maximum atomic E-state index is 11.9. The summed E-state index contributed by atoms with van der Waals surface area (Å²) in [5.41, 5.74) is 1.43. The second-order valence-corrected chi connectivity index (χ2v) is 8.72. The summed E-state index contributed by atoms with van der Waals surface area (Å²) < 4.78 is 6.34. The molecule has 1 atom stereocenters. The minimum atomic E-state index is -0.843. The number of nitrogens with one attached hydrogen (secondary N) is 2. The molecule has 0 spiro atoms. The maximum Gasteiger partial charge on any atom is 0.294 e. The highest BCUT2D eigenvalue weighted by atomic mass is 16.9. The van der Waals surface area contributed by atoms with E-state index in [1.54, 1.807) is 6.07 Å². The minimum Gasteiger partial charge on any atom is -0.490 e. The van der Waals surface area contributed by atoms with Crippen molar-refractivity contribution in [1.82, 2.24) is 10.3 Å². The Morgan fingerprint density at radius 2 is 2.06 bits per heavy atom. The van der Waals surface area contributed by atoms with Crippen molar-refractivity contribution in [3.63, 3.8) is 0 Å². The van der Waals surface area contributed by atoms with Crippen LogP contribution >= 0.6 is 0 Å². The van der Waals surface area contributed by atoms with Gasteiger partial charge in [-0.15, -0.1) is 10.1 Å². The number of pyridine rings is 1. The van der Waals surface area contributed by atoms with Gasteiger partial charge in [0, 0.05) is 17.9 Å². The molecule has 0 bridgehead atoms. The summed E-state index contributed by atoms with van der Waals surface area (Å²) in [7, 11) is 3.91. The number of amides is 1. The van der Waals surface area contributed by atoms with Crippen LogP contribution in [0.5, 0.6) is 5.75 Å². The third kappa shape index (κ3) is 9.46. The van der Waals surface area contributed by atoms with Crippen molar-refractivity contribution in [3.05, 3.63) is 50.3 Å². The molecule has 3 N–H and O–H groups in total. The molecule has 0 saturated carbocycles. The van der Waals surface area contributed by atoms with Crippen molar-refractivity contribution in [1.29, 1.82) is 0 Å². The number of aliphatic hydroxyl groups is 1. The Balaban J connectivity index is 1.74. The number of aliphatic hydroxyl groups excluding tert-OH is 1. The topological polar surface area (TPSA) is 144 Å². The Kier molecular flexibility index (Phi) is 9.61. The quantitative estimate of drug-likeness (QED) is 0.164. The Morgan fingerprint density at radius 1 is 1.30 bits per heavy atom. The number of H-pyrrole nitrogens is 1. The van der Waals surface area contributed by atoms with E-state index >= 15 is 0 Å². The van der Waals surface area contributed by atoms with E-state index in [9.17, 15) is 24.8 Å². The van der Waals surface area contributed by atoms with Gasteiger partial charge in [0.1, 0.15) is 25.0 Å². The van der Waals surface area contributed by atoms with Crippen LogP contribution in [0.15, 0.2) is 29.1 Å². The highest BCUT2D eigenvalue weighted by Gasteiger charge is 2.21. The summed E-state index contributed by atoms with van der Waals surface area (Å²) in [5, 5.41) is 23.3. The third-order valence-corrected chi connectivity index (χ3v) is 5.12. The monoisotopic (exact) mass is 465 g/mol. The molecule has 1 unspecified atom stereocenters. The number of aromatic nitrogens is 1. The van der Waals surface area contributed by atoms with Crippen LogP contribution in [0.1, 0.15) is 24.8 Å². The number of hydrogen-bond acceptors (Lipinski definition) is 7. The molecule has 11 heteroatoms. The van der Waals surface area contributed by atoms with E-state index < -0.39 is 11.2 Å². The molecule has 0 radical (unpaired) electrons. The molecule has 0 aliphatic rings. The predicted molar refractivity (Wildman–Crippen MR) is 122 cm³/mol. The van der Waals surface area contributed by atoms with Crippen LogP contribution in [0.4, 0.5) is 0 Å². The van der Waals surface area contributed by atoms with E-state index in [1.807, 2.05) is 33.2 Å². The molecule has 0 saturated heterocycles. The summed E-state index contributed by atoms with van der Waals surface area (Å²) in [6, 6.07) is 6.88. The lowest BCUT2D eigenvalue weighted by molar-refractivity contribution is -0.892. The Hall–Kier alpha value is -3.18. The number of aromatic amines is 1. The van der Waals surface area contributed by atoms with Gasteiger partial charge in [-0.25, -0.2) is 0 Å². The third-order valence-electron chi connectivity index (χ3n) is 5.12. The molecule has 0 aliphatic heterocycles. The Labute approximate surface area is 192 Å². The number of fused-ring (bicyclic) bond motifs is 1. The predicted octanol–water partition coefficient (Wildman–Crippen LogP) is 1.15. The largest absolute Gasteiger partial charge is 0.490 e. The molecular formula is C22H33N4O7+. The summed E-state index contributed by atoms with van der Waals surface area (Å²) in [6.07, 6.45) is 0.501. The number of aryl methyl sites for hydroxylation is 1. The number of rotatable bonds is 14. The smallest absolute Gasteiger partial charge is 0.294 e. The molecule has 33 heavy (non-hydrogen) atoms. The average molecular weight is 466 g/mol. The van der Waals surface area contributed by atoms with Crippen LogP contribution in [0.3, 0.4) is 0 Å². The number of carbonyl (C=O) groups is 1. The van der Waals surface area contributed by atoms with Gasteiger partial charge in [0.15, 0.2) is 0 Å². The van der Waals surface area contributed by atoms with Crippen molar-refractivity contribution in [2.75, 3.05) is 46.9 Å². The lowest BCUT2D eigenvalue weighted by atomic mass is 10.1. The molecule has 11 nitrogen and oxygen atoms in total. The van der Waals surface area contributed by atoms with E-state index in [0.717, 1.165) is 10.9 Å². The van der Waals surface area contributed by atoms with Crippen LogP contribution in [0.25, 0.3) is 10.9 Å². The summed E-state index contributed by atoms with van der Waals surface area (Å²) in [6.45, 7) is 3.47. The van der Waals surface area contributed by atoms with Gasteiger partial charge in [-0.05, 0) is 43.5 Å². The minimum absolute atomic E-state index is 0.0135. The van der Waals surface area contributed by atoms with Crippen LogP contribution in [0, 0.1) is 17.0 Å². The highest BCUT2D eigenvalue weighted by Crippen LogP contribution is 2.25. The molecule has 1 aromatic carbocycles. The summed E-state index contributed by atoms with van der Waals surface area (Å²) in [5.74, 6) is 0.478. The van der Waals surface area contributed by atoms with E-state index in [1.165, 1.54) is 6.07 Å². The fraction of sp³-hybridized carbons (Fsp3) is 0.545. The number of ether oxygens (including phenoxy) is 1. The number of hydrogen-bond donors (Lipinski definition) is 3. The maximum absolute atomic E-state index is 11.9. The van der Waals surface area contributed by atoms with Gasteiger partial charge in [-0.1, -0.05) is 0 Å². The van der Waals surface area contributed by atoms with Gasteiger partial charge < -0.3 is 29.5 Å². The molecule has 182 valence electrons. The summed E-state index contributed by atoms with van der Waals surface area (Å²) in [4.78, 5) is 40.5. The fourth-order valence-corrected chi connectivity index (χ4v) is 3.51. The van der Waals surface area contributed by atoms with E-state index in [-0.39, 0.29) is 31.1 Å². The molecular weight excluding hydrogens is 432 g/mol. The van der Waals surface area contributed by atoms with Crippen molar-refractivity contribution in [3.8, 4) is 5.75 Å². The number of likely N-dealkylation sites (N-methyl/N-ethyl adjacent to an activating group) is 1. The average Bonchev–Trinajstić information content (AvgIpc) is 2.70. The van der Waals surface area contributed by atoms with E-state index in [4.69, 9.17) is 4.74 Å². The number of quaternary nitrogens is 1. The van der Waals surface area contributed by atoms with Gasteiger partial charge in [0.2, 0.25) is 11.5 Å². The standard InChI is InChI=1S/C22H32N4O7/c1-16-12-19-18(7-8-22(29)24-19)20(13-16)32-15-17(27)14-26(2,3)10-9-23-21(28)6-4-5-11-33-25(30)31/h7-8,12-13,17,27H,4-6,9-11,14-15H2,1-3H3,(H-,23,24,28,29)/p+1. The SMILES string of the molecule is Cc1cc(OCC(O)C[N+](C)(C)CCNC(=O)CCCCO[N+](=O)[O-])c2ccc(=O)[nH]c2c1. The van der Waals surface area contributed by atoms with Crippen LogP contribution in [-0.2, 0) is 9.63 Å². The van der Waals surface area contributed by atoms with Gasteiger partial charge in [-0.3, -0.25) is 9.59 Å². The zero-order valence-corrected chi connectivity index (χ0v) is 19.3. The van der Waals surface area contributed by atoms with E-state index in [2.05, 4.69) is 15.1 Å². The number of carbonyl (C=O) groups excluding carboxylic acids is 1. The molecule has 2 rings (SSSR count). The first-order chi connectivity index (χ1) is 15.6. The highest BCUT2D eigenvalue weighted by molar-refractivity contribution is 5.85. The van der Waals surface area contributed by atoms with Crippen LogP contribution in [-0.4, -0.2) is 78.6 Å². The Morgan fingerprint density at radius 3 is 2.79 bits per heavy atom. The van der Waals surface area contributed by atoms with Crippen molar-refractivity contribution < 1.29 is 29.0 Å². The first-order valence-electron chi connectivity index (χ1n) is 10.9. The van der Waals surface area contributed by atoms with Gasteiger partial charge in [-0.2, -0.15) is 0 Å². The second-order valence-electron chi connectivity index (χ2n) is 8.72.